The molecule has 1 aromatic rings. The van der Waals surface area contributed by atoms with Crippen LogP contribution in [0.4, 0.5) is 5.69 Å². The summed E-state index contributed by atoms with van der Waals surface area (Å²) in [6.07, 6.45) is 5.22. The second-order valence-corrected chi connectivity index (χ2v) is 4.91. The van der Waals surface area contributed by atoms with Crippen molar-refractivity contribution in [2.75, 3.05) is 12.3 Å². The molecule has 1 fully saturated rings. The highest BCUT2D eigenvalue weighted by atomic mass is 16.5. The third-order valence-corrected chi connectivity index (χ3v) is 3.28. The van der Waals surface area contributed by atoms with Crippen LogP contribution in [0.15, 0.2) is 18.2 Å². The Hall–Kier alpha value is -1.71. The molecule has 0 amide bonds. The van der Waals surface area contributed by atoms with Crippen molar-refractivity contribution in [1.82, 2.24) is 0 Å². The average molecular weight is 263 g/mol. The van der Waals surface area contributed by atoms with Crippen LogP contribution in [0, 0.1) is 0 Å². The summed E-state index contributed by atoms with van der Waals surface area (Å²) in [6, 6.07) is 5.07. The minimum absolute atomic E-state index is 0.0738. The van der Waals surface area contributed by atoms with E-state index in [-0.39, 0.29) is 12.1 Å². The van der Waals surface area contributed by atoms with Gasteiger partial charge in [-0.1, -0.05) is 6.92 Å². The molecule has 0 aliphatic heterocycles. The number of anilines is 1. The molecule has 0 radical (unpaired) electrons. The third-order valence-electron chi connectivity index (χ3n) is 3.28. The molecule has 1 saturated carbocycles. The van der Waals surface area contributed by atoms with Crippen LogP contribution in [0.3, 0.4) is 0 Å². The van der Waals surface area contributed by atoms with E-state index in [4.69, 9.17) is 15.2 Å². The number of esters is 1. The lowest BCUT2D eigenvalue weighted by atomic mass is 10.2. The molecule has 1 aromatic carbocycles. The number of nitrogen functional groups attached to an aromatic ring is 1. The number of hydrogen-bond donors (Lipinski definition) is 1. The van der Waals surface area contributed by atoms with Crippen molar-refractivity contribution in [2.45, 2.75) is 45.1 Å². The van der Waals surface area contributed by atoms with Crippen LogP contribution in [0.1, 0.15) is 49.4 Å². The monoisotopic (exact) mass is 263 g/mol. The van der Waals surface area contributed by atoms with E-state index < -0.39 is 0 Å². The lowest BCUT2D eigenvalue weighted by Crippen LogP contribution is -2.15. The molecule has 1 aliphatic rings. The third kappa shape index (κ3) is 3.63. The van der Waals surface area contributed by atoms with Crippen molar-refractivity contribution in [3.63, 3.8) is 0 Å². The van der Waals surface area contributed by atoms with Gasteiger partial charge in [-0.15, -0.1) is 0 Å². The maximum absolute atomic E-state index is 12.0. The van der Waals surface area contributed by atoms with E-state index >= 15 is 0 Å². The fourth-order valence-corrected chi connectivity index (χ4v) is 2.24. The van der Waals surface area contributed by atoms with Gasteiger partial charge in [-0.3, -0.25) is 0 Å². The van der Waals surface area contributed by atoms with E-state index in [1.54, 1.807) is 18.2 Å². The van der Waals surface area contributed by atoms with Crippen molar-refractivity contribution >= 4 is 11.7 Å². The summed E-state index contributed by atoms with van der Waals surface area (Å²) in [5, 5.41) is 0. The van der Waals surface area contributed by atoms with E-state index in [2.05, 4.69) is 0 Å². The van der Waals surface area contributed by atoms with Gasteiger partial charge in [0.1, 0.15) is 11.9 Å². The molecule has 104 valence electrons. The standard InChI is InChI=1S/C15H21NO3/c1-2-9-18-14-8-7-11(10-13(14)16)15(17)19-12-5-3-4-6-12/h7-8,10,12H,2-6,9,16H2,1H3. The van der Waals surface area contributed by atoms with E-state index in [1.807, 2.05) is 6.92 Å². The van der Waals surface area contributed by atoms with E-state index in [0.29, 0.717) is 23.6 Å². The van der Waals surface area contributed by atoms with Gasteiger partial charge in [-0.25, -0.2) is 4.79 Å². The first-order valence-electron chi connectivity index (χ1n) is 6.94. The summed E-state index contributed by atoms with van der Waals surface area (Å²) in [5.41, 5.74) is 6.85. The van der Waals surface area contributed by atoms with Crippen LogP contribution in [-0.4, -0.2) is 18.7 Å². The van der Waals surface area contributed by atoms with Crippen molar-refractivity contribution in [3.05, 3.63) is 23.8 Å². The number of benzene rings is 1. The Morgan fingerprint density at radius 3 is 2.74 bits per heavy atom. The van der Waals surface area contributed by atoms with Crippen LogP contribution >= 0.6 is 0 Å². The molecule has 0 unspecified atom stereocenters. The second-order valence-electron chi connectivity index (χ2n) is 4.91. The largest absolute Gasteiger partial charge is 0.491 e. The fraction of sp³-hybridized carbons (Fsp3) is 0.533. The summed E-state index contributed by atoms with van der Waals surface area (Å²) in [5.74, 6) is 0.333. The number of carbonyl (C=O) groups excluding carboxylic acids is 1. The molecule has 0 bridgehead atoms. The average Bonchev–Trinajstić information content (AvgIpc) is 2.90. The molecule has 4 heteroatoms. The van der Waals surface area contributed by atoms with Crippen LogP contribution in [0.5, 0.6) is 5.75 Å². The van der Waals surface area contributed by atoms with Gasteiger partial charge in [0.15, 0.2) is 0 Å². The minimum Gasteiger partial charge on any atom is -0.491 e. The number of rotatable bonds is 5. The van der Waals surface area contributed by atoms with Crippen molar-refractivity contribution in [1.29, 1.82) is 0 Å². The van der Waals surface area contributed by atoms with Crippen LogP contribution in [-0.2, 0) is 4.74 Å². The fourth-order valence-electron chi connectivity index (χ4n) is 2.24. The van der Waals surface area contributed by atoms with Crippen LogP contribution in [0.2, 0.25) is 0 Å². The first kappa shape index (κ1) is 13.7. The Bertz CT molecular complexity index is 439. The predicted octanol–water partition coefficient (Wildman–Crippen LogP) is 3.16. The number of ether oxygens (including phenoxy) is 2. The maximum Gasteiger partial charge on any atom is 0.338 e. The lowest BCUT2D eigenvalue weighted by molar-refractivity contribution is 0.0318. The van der Waals surface area contributed by atoms with Crippen LogP contribution < -0.4 is 10.5 Å². The van der Waals surface area contributed by atoms with Gasteiger partial charge in [0.25, 0.3) is 0 Å². The van der Waals surface area contributed by atoms with Crippen molar-refractivity contribution in [2.24, 2.45) is 0 Å². The second kappa shape index (κ2) is 6.45. The smallest absolute Gasteiger partial charge is 0.338 e. The van der Waals surface area contributed by atoms with Gasteiger partial charge >= 0.3 is 5.97 Å². The van der Waals surface area contributed by atoms with Gasteiger partial charge < -0.3 is 15.2 Å². The number of carbonyl (C=O) groups is 1. The first-order valence-corrected chi connectivity index (χ1v) is 6.94. The molecular formula is C15H21NO3. The van der Waals surface area contributed by atoms with Gasteiger partial charge in [-0.2, -0.15) is 0 Å². The Morgan fingerprint density at radius 1 is 1.37 bits per heavy atom. The van der Waals surface area contributed by atoms with Gasteiger partial charge in [-0.05, 0) is 50.3 Å². The zero-order chi connectivity index (χ0) is 13.7. The molecule has 0 atom stereocenters. The summed E-state index contributed by atoms with van der Waals surface area (Å²) in [7, 11) is 0. The van der Waals surface area contributed by atoms with Crippen LogP contribution in [0.25, 0.3) is 0 Å². The molecular weight excluding hydrogens is 242 g/mol. The van der Waals surface area contributed by atoms with E-state index in [0.717, 1.165) is 32.1 Å². The summed E-state index contributed by atoms with van der Waals surface area (Å²) >= 11 is 0. The first-order chi connectivity index (χ1) is 9.20. The summed E-state index contributed by atoms with van der Waals surface area (Å²) in [4.78, 5) is 12.0. The molecule has 4 nitrogen and oxygen atoms in total. The molecule has 0 saturated heterocycles. The Kier molecular flexibility index (Phi) is 4.66. The highest BCUT2D eigenvalue weighted by Crippen LogP contribution is 2.25. The van der Waals surface area contributed by atoms with E-state index in [1.165, 1.54) is 0 Å². The van der Waals surface area contributed by atoms with E-state index in [9.17, 15) is 4.79 Å². The Morgan fingerprint density at radius 2 is 2.11 bits per heavy atom. The van der Waals surface area contributed by atoms with Crippen molar-refractivity contribution < 1.29 is 14.3 Å². The SMILES string of the molecule is CCCOc1ccc(C(=O)OC2CCCC2)cc1N. The number of hydrogen-bond acceptors (Lipinski definition) is 4. The molecule has 0 heterocycles. The molecule has 2 rings (SSSR count). The highest BCUT2D eigenvalue weighted by molar-refractivity contribution is 5.91. The molecule has 2 N–H and O–H groups in total. The van der Waals surface area contributed by atoms with Gasteiger partial charge in [0, 0.05) is 0 Å². The molecule has 1 aliphatic carbocycles. The number of nitrogens with two attached hydrogens (primary N) is 1. The molecule has 0 spiro atoms. The summed E-state index contributed by atoms with van der Waals surface area (Å²) < 4.78 is 10.9. The normalized spacial score (nSPS) is 15.4. The Labute approximate surface area is 113 Å². The maximum atomic E-state index is 12.0. The van der Waals surface area contributed by atoms with Crippen molar-refractivity contribution in [3.8, 4) is 5.75 Å². The van der Waals surface area contributed by atoms with Gasteiger partial charge in [0.2, 0.25) is 0 Å². The topological polar surface area (TPSA) is 61.5 Å². The molecule has 19 heavy (non-hydrogen) atoms. The molecule has 0 aromatic heterocycles. The zero-order valence-electron chi connectivity index (χ0n) is 11.4. The zero-order valence-corrected chi connectivity index (χ0v) is 11.4. The highest BCUT2D eigenvalue weighted by Gasteiger charge is 2.20. The quantitative estimate of drug-likeness (QED) is 0.654. The Balaban J connectivity index is 1.99. The minimum atomic E-state index is -0.291. The lowest BCUT2D eigenvalue weighted by Gasteiger charge is -2.13. The predicted molar refractivity (Wildman–Crippen MR) is 74.3 cm³/mol. The summed E-state index contributed by atoms with van der Waals surface area (Å²) in [6.45, 7) is 2.65. The van der Waals surface area contributed by atoms with Gasteiger partial charge in [0.05, 0.1) is 17.9 Å².